The number of rotatable bonds is 13. The summed E-state index contributed by atoms with van der Waals surface area (Å²) in [4.78, 5) is 33.8. The first-order valence-electron chi connectivity index (χ1n) is 10.3. The Kier molecular flexibility index (Phi) is 13.7. The van der Waals surface area contributed by atoms with Crippen LogP contribution in [-0.4, -0.2) is 17.9 Å². The average molecular weight is 409 g/mol. The number of allylic oxidation sites excluding steroid dienone is 14. The van der Waals surface area contributed by atoms with Crippen LogP contribution >= 0.6 is 0 Å². The highest BCUT2D eigenvalue weighted by Gasteiger charge is 2.24. The fraction of sp³-hybridized carbons (Fsp3) is 0.370. The summed E-state index contributed by atoms with van der Waals surface area (Å²) in [5.41, 5.74) is 2.63. The van der Waals surface area contributed by atoms with Crippen molar-refractivity contribution in [3.63, 3.8) is 0 Å². The maximum absolute atomic E-state index is 12.4. The largest absolute Gasteiger partial charge is 0.300 e. The predicted octanol–water partition coefficient (Wildman–Crippen LogP) is 6.60. The highest BCUT2D eigenvalue weighted by Crippen LogP contribution is 2.25. The number of hydrogen-bond donors (Lipinski definition) is 0. The molecular weight excluding hydrogens is 372 g/mol. The van der Waals surface area contributed by atoms with E-state index in [2.05, 4.69) is 0 Å². The van der Waals surface area contributed by atoms with Gasteiger partial charge in [0.05, 0.1) is 0 Å². The smallest absolute Gasteiger partial charge is 0.161 e. The fourth-order valence-electron chi connectivity index (χ4n) is 2.46. The van der Waals surface area contributed by atoms with Gasteiger partial charge in [0, 0.05) is 11.8 Å². The molecule has 162 valence electrons. The van der Waals surface area contributed by atoms with Crippen LogP contribution in [0.2, 0.25) is 0 Å². The minimum atomic E-state index is -0.455. The van der Waals surface area contributed by atoms with Crippen molar-refractivity contribution in [1.82, 2.24) is 0 Å². The summed E-state index contributed by atoms with van der Waals surface area (Å²) in [5.74, 6) is 0.243. The Morgan fingerprint density at radius 2 is 1.20 bits per heavy atom. The molecule has 0 amide bonds. The lowest BCUT2D eigenvalue weighted by Crippen LogP contribution is -2.22. The molecule has 0 aromatic rings. The van der Waals surface area contributed by atoms with Crippen LogP contribution in [0, 0.1) is 5.41 Å². The van der Waals surface area contributed by atoms with E-state index in [0.717, 1.165) is 29.4 Å². The minimum absolute atomic E-state index is 0.0790. The molecule has 0 unspecified atom stereocenters. The van der Waals surface area contributed by atoms with E-state index in [1.165, 1.54) is 6.08 Å². The predicted molar refractivity (Wildman–Crippen MR) is 127 cm³/mol. The first-order valence-corrected chi connectivity index (χ1v) is 10.3. The van der Waals surface area contributed by atoms with Crippen molar-refractivity contribution in [2.75, 3.05) is 0 Å². The molecule has 3 heteroatoms. The maximum Gasteiger partial charge on any atom is 0.161 e. The van der Waals surface area contributed by atoms with Gasteiger partial charge in [0.2, 0.25) is 0 Å². The summed E-state index contributed by atoms with van der Waals surface area (Å²) in [6.07, 6.45) is 23.1. The third-order valence-corrected chi connectivity index (χ3v) is 4.48. The normalized spacial score (nSPS) is 14.5. The zero-order valence-corrected chi connectivity index (χ0v) is 19.3. The van der Waals surface area contributed by atoms with Gasteiger partial charge < -0.3 is 4.79 Å². The molecule has 0 heterocycles. The van der Waals surface area contributed by atoms with Crippen LogP contribution in [0.3, 0.4) is 0 Å². The van der Waals surface area contributed by atoms with E-state index in [4.69, 9.17) is 0 Å². The van der Waals surface area contributed by atoms with Crippen LogP contribution < -0.4 is 0 Å². The van der Waals surface area contributed by atoms with E-state index in [1.54, 1.807) is 19.1 Å². The minimum Gasteiger partial charge on any atom is -0.300 e. The molecule has 0 saturated carbocycles. The van der Waals surface area contributed by atoms with Crippen molar-refractivity contribution in [2.24, 2.45) is 5.41 Å². The molecule has 0 spiro atoms. The molecule has 0 aliphatic rings. The van der Waals surface area contributed by atoms with E-state index in [1.807, 2.05) is 83.2 Å². The van der Waals surface area contributed by atoms with Crippen LogP contribution in [0.1, 0.15) is 60.8 Å². The first-order chi connectivity index (χ1) is 14.1. The Morgan fingerprint density at radius 1 is 0.700 bits per heavy atom. The Hall–Kier alpha value is -2.81. The van der Waals surface area contributed by atoms with Crippen molar-refractivity contribution in [3.8, 4) is 0 Å². The van der Waals surface area contributed by atoms with Gasteiger partial charge in [0.1, 0.15) is 12.1 Å². The standard InChI is InChI=1S/C27H36O3/c1-22(12-7-8-13-23(2)16-11-21-28)14-9-15-24(3)18-19-26(30)27(5,6)20-10-17-25(4)29/h7-9,11-16,18-19,21H,10,17,20H2,1-6H3. The van der Waals surface area contributed by atoms with Crippen molar-refractivity contribution >= 4 is 17.9 Å². The van der Waals surface area contributed by atoms with Gasteiger partial charge in [-0.2, -0.15) is 0 Å². The molecule has 0 radical (unpaired) electrons. The molecule has 0 atom stereocenters. The van der Waals surface area contributed by atoms with Gasteiger partial charge in [0.25, 0.3) is 0 Å². The molecule has 30 heavy (non-hydrogen) atoms. The van der Waals surface area contributed by atoms with E-state index < -0.39 is 5.41 Å². The summed E-state index contributed by atoms with van der Waals surface area (Å²) >= 11 is 0. The molecule has 0 aliphatic heterocycles. The highest BCUT2D eigenvalue weighted by molar-refractivity contribution is 5.94. The number of Topliss-reactive ketones (excluding diaryl/α,β-unsaturated/α-hetero) is 1. The number of aldehydes is 1. The van der Waals surface area contributed by atoms with Gasteiger partial charge in [0.15, 0.2) is 5.78 Å². The fourth-order valence-corrected chi connectivity index (χ4v) is 2.46. The summed E-state index contributed by atoms with van der Waals surface area (Å²) in [5, 5.41) is 0. The van der Waals surface area contributed by atoms with Crippen LogP contribution in [0.5, 0.6) is 0 Å². The SMILES string of the molecule is CC(=O)CCCC(C)(C)C(=O)C=CC(C)=CC=CC(C)=CC=CC=C(C)C=CC=O. The quantitative estimate of drug-likeness (QED) is 0.196. The van der Waals surface area contributed by atoms with Crippen molar-refractivity contribution in [1.29, 1.82) is 0 Å². The number of carbonyl (C=O) groups is 3. The lowest BCUT2D eigenvalue weighted by Gasteiger charge is -2.20. The second-order valence-electron chi connectivity index (χ2n) is 8.11. The molecule has 0 rings (SSSR count). The van der Waals surface area contributed by atoms with Crippen LogP contribution in [-0.2, 0) is 14.4 Å². The maximum atomic E-state index is 12.4. The molecule has 3 nitrogen and oxygen atoms in total. The van der Waals surface area contributed by atoms with E-state index in [-0.39, 0.29) is 11.6 Å². The molecule has 0 aromatic carbocycles. The lowest BCUT2D eigenvalue weighted by atomic mass is 9.82. The number of carbonyl (C=O) groups excluding carboxylic acids is 3. The molecule has 0 fully saturated rings. The summed E-state index contributed by atoms with van der Waals surface area (Å²) in [6, 6.07) is 0. The second kappa shape index (κ2) is 15.1. The topological polar surface area (TPSA) is 51.2 Å². The molecule has 0 bridgehead atoms. The van der Waals surface area contributed by atoms with E-state index in [9.17, 15) is 14.4 Å². The van der Waals surface area contributed by atoms with Gasteiger partial charge in [-0.3, -0.25) is 9.59 Å². The number of ketones is 2. The molecular formula is C27H36O3. The second-order valence-corrected chi connectivity index (χ2v) is 8.11. The highest BCUT2D eigenvalue weighted by atomic mass is 16.1. The Bertz CT molecular complexity index is 794. The monoisotopic (exact) mass is 408 g/mol. The molecule has 0 aromatic heterocycles. The zero-order chi connectivity index (χ0) is 23.0. The summed E-state index contributed by atoms with van der Waals surface area (Å²) in [7, 11) is 0. The first kappa shape index (κ1) is 27.2. The van der Waals surface area contributed by atoms with Crippen LogP contribution in [0.15, 0.2) is 83.6 Å². The molecule has 0 saturated heterocycles. The molecule has 0 aliphatic carbocycles. The summed E-state index contributed by atoms with van der Waals surface area (Å²) < 4.78 is 0. The Morgan fingerprint density at radius 3 is 1.73 bits per heavy atom. The molecule has 0 N–H and O–H groups in total. The van der Waals surface area contributed by atoms with Gasteiger partial charge in [-0.25, -0.2) is 0 Å². The van der Waals surface area contributed by atoms with Gasteiger partial charge in [-0.15, -0.1) is 0 Å². The third-order valence-electron chi connectivity index (χ3n) is 4.48. The Balaban J connectivity index is 4.73. The van der Waals surface area contributed by atoms with Gasteiger partial charge in [-0.05, 0) is 52.7 Å². The number of hydrogen-bond acceptors (Lipinski definition) is 3. The average Bonchev–Trinajstić information content (AvgIpc) is 2.67. The summed E-state index contributed by atoms with van der Waals surface area (Å²) in [6.45, 7) is 11.3. The Labute approximate surface area is 182 Å². The van der Waals surface area contributed by atoms with E-state index in [0.29, 0.717) is 12.8 Å². The van der Waals surface area contributed by atoms with Crippen molar-refractivity contribution < 1.29 is 14.4 Å². The van der Waals surface area contributed by atoms with Gasteiger partial charge in [-0.1, -0.05) is 85.3 Å². The zero-order valence-electron chi connectivity index (χ0n) is 19.3. The van der Waals surface area contributed by atoms with Crippen LogP contribution in [0.4, 0.5) is 0 Å². The van der Waals surface area contributed by atoms with E-state index >= 15 is 0 Å². The third kappa shape index (κ3) is 14.2. The van der Waals surface area contributed by atoms with Crippen molar-refractivity contribution in [2.45, 2.75) is 60.8 Å². The van der Waals surface area contributed by atoms with Crippen LogP contribution in [0.25, 0.3) is 0 Å². The van der Waals surface area contributed by atoms with Gasteiger partial charge >= 0.3 is 0 Å². The van der Waals surface area contributed by atoms with Crippen molar-refractivity contribution in [3.05, 3.63) is 83.6 Å². The lowest BCUT2D eigenvalue weighted by molar-refractivity contribution is -0.123.